The number of carboxylic acids is 1. The molecule has 0 fully saturated rings. The lowest BCUT2D eigenvalue weighted by Crippen LogP contribution is -2.30. The summed E-state index contributed by atoms with van der Waals surface area (Å²) in [5.41, 5.74) is 0.985. The summed E-state index contributed by atoms with van der Waals surface area (Å²) < 4.78 is 0. The predicted molar refractivity (Wildman–Crippen MR) is 77.9 cm³/mol. The van der Waals surface area contributed by atoms with E-state index in [0.717, 1.165) is 0 Å². The van der Waals surface area contributed by atoms with Gasteiger partial charge in [-0.15, -0.1) is 0 Å². The highest BCUT2D eigenvalue weighted by molar-refractivity contribution is 6.05. The van der Waals surface area contributed by atoms with Crippen molar-refractivity contribution in [3.05, 3.63) is 63.6 Å². The van der Waals surface area contributed by atoms with Gasteiger partial charge in [0, 0.05) is 30.7 Å². The fraction of sp³-hybridized carbons (Fsp3) is 0.133. The first kappa shape index (κ1) is 14.5. The highest BCUT2D eigenvalue weighted by atomic mass is 16.4. The Bertz CT molecular complexity index is 747. The van der Waals surface area contributed by atoms with Gasteiger partial charge in [0.15, 0.2) is 5.43 Å². The fourth-order valence-electron chi connectivity index (χ4n) is 1.87. The molecular formula is C15H14N2O4. The zero-order valence-electron chi connectivity index (χ0n) is 11.6. The summed E-state index contributed by atoms with van der Waals surface area (Å²) in [6.07, 6.45) is 1.38. The summed E-state index contributed by atoms with van der Waals surface area (Å²) in [6.45, 7) is 1.73. The van der Waals surface area contributed by atoms with Crippen molar-refractivity contribution in [3.8, 4) is 0 Å². The Morgan fingerprint density at radius 3 is 2.33 bits per heavy atom. The number of benzene rings is 1. The van der Waals surface area contributed by atoms with E-state index in [1.54, 1.807) is 6.92 Å². The number of carboxylic acid groups (broad SMARTS) is 1. The van der Waals surface area contributed by atoms with E-state index in [9.17, 15) is 14.4 Å². The molecule has 2 aromatic rings. The smallest absolute Gasteiger partial charge is 0.335 e. The molecule has 0 atom stereocenters. The van der Waals surface area contributed by atoms with Crippen molar-refractivity contribution in [3.63, 3.8) is 0 Å². The quantitative estimate of drug-likeness (QED) is 0.897. The number of carbonyl (C=O) groups excluding carboxylic acids is 1. The first-order valence-corrected chi connectivity index (χ1v) is 6.21. The van der Waals surface area contributed by atoms with Crippen LogP contribution in [0.15, 0.2) is 41.3 Å². The molecule has 0 saturated heterocycles. The topological polar surface area (TPSA) is 90.5 Å². The van der Waals surface area contributed by atoms with Crippen LogP contribution in [-0.4, -0.2) is 29.0 Å². The number of anilines is 1. The molecule has 0 saturated carbocycles. The fourth-order valence-corrected chi connectivity index (χ4v) is 1.87. The molecule has 1 heterocycles. The Balaban J connectivity index is 2.30. The second-order valence-corrected chi connectivity index (χ2v) is 4.61. The van der Waals surface area contributed by atoms with Crippen LogP contribution < -0.4 is 10.3 Å². The number of nitrogens with one attached hydrogen (secondary N) is 1. The van der Waals surface area contributed by atoms with Crippen molar-refractivity contribution in [1.29, 1.82) is 0 Å². The maximum atomic E-state index is 12.3. The van der Waals surface area contributed by atoms with E-state index in [0.29, 0.717) is 11.4 Å². The third-order valence-corrected chi connectivity index (χ3v) is 3.09. The largest absolute Gasteiger partial charge is 0.478 e. The predicted octanol–water partition coefficient (Wildman–Crippen LogP) is 1.66. The van der Waals surface area contributed by atoms with Gasteiger partial charge in [0.05, 0.1) is 5.56 Å². The highest BCUT2D eigenvalue weighted by Crippen LogP contribution is 2.15. The van der Waals surface area contributed by atoms with Gasteiger partial charge >= 0.3 is 5.97 Å². The maximum absolute atomic E-state index is 12.3. The van der Waals surface area contributed by atoms with Crippen LogP contribution in [0.5, 0.6) is 0 Å². The number of nitrogens with zero attached hydrogens (tertiary/aromatic N) is 1. The molecule has 0 radical (unpaired) electrons. The molecule has 2 N–H and O–H groups in total. The standard InChI is InChI=1S/C15H14N2O4/c1-9-7-13(18)12(8-16-9)14(19)17(2)11-5-3-10(4-6-11)15(20)21/h3-8H,1-2H3,(H,16,18)(H,20,21). The number of H-pyrrole nitrogens is 1. The molecule has 6 nitrogen and oxygen atoms in total. The second-order valence-electron chi connectivity index (χ2n) is 4.61. The first-order valence-electron chi connectivity index (χ1n) is 6.21. The molecule has 1 amide bonds. The molecule has 108 valence electrons. The average molecular weight is 286 g/mol. The van der Waals surface area contributed by atoms with Gasteiger partial charge < -0.3 is 15.0 Å². The van der Waals surface area contributed by atoms with Crippen molar-refractivity contribution < 1.29 is 14.7 Å². The first-order chi connectivity index (χ1) is 9.90. The molecule has 0 aliphatic rings. The number of rotatable bonds is 3. The lowest BCUT2D eigenvalue weighted by Gasteiger charge is -2.17. The molecule has 0 aliphatic heterocycles. The lowest BCUT2D eigenvalue weighted by molar-refractivity contribution is 0.0696. The normalized spacial score (nSPS) is 10.2. The van der Waals surface area contributed by atoms with Crippen LogP contribution >= 0.6 is 0 Å². The number of aryl methyl sites for hydroxylation is 1. The van der Waals surface area contributed by atoms with Gasteiger partial charge in [-0.1, -0.05) is 0 Å². The molecule has 2 rings (SSSR count). The minimum Gasteiger partial charge on any atom is -0.478 e. The number of aromatic nitrogens is 1. The third-order valence-electron chi connectivity index (χ3n) is 3.09. The molecular weight excluding hydrogens is 272 g/mol. The maximum Gasteiger partial charge on any atom is 0.335 e. The van der Waals surface area contributed by atoms with E-state index in [1.165, 1.54) is 48.5 Å². The summed E-state index contributed by atoms with van der Waals surface area (Å²) >= 11 is 0. The molecule has 1 aromatic carbocycles. The Kier molecular flexibility index (Phi) is 3.89. The van der Waals surface area contributed by atoms with Crippen LogP contribution in [0, 0.1) is 6.92 Å². The van der Waals surface area contributed by atoms with Crippen molar-refractivity contribution in [2.24, 2.45) is 0 Å². The van der Waals surface area contributed by atoms with Gasteiger partial charge in [0.1, 0.15) is 5.56 Å². The number of pyridine rings is 1. The highest BCUT2D eigenvalue weighted by Gasteiger charge is 2.17. The van der Waals surface area contributed by atoms with Crippen LogP contribution in [0.4, 0.5) is 5.69 Å². The average Bonchev–Trinajstić information content (AvgIpc) is 2.46. The van der Waals surface area contributed by atoms with E-state index in [-0.39, 0.29) is 16.6 Å². The number of hydrogen-bond acceptors (Lipinski definition) is 3. The SMILES string of the molecule is Cc1cc(=O)c(C(=O)N(C)c2ccc(C(=O)O)cc2)c[nH]1. The molecule has 21 heavy (non-hydrogen) atoms. The molecule has 0 spiro atoms. The Morgan fingerprint density at radius 2 is 1.81 bits per heavy atom. The van der Waals surface area contributed by atoms with Crippen LogP contribution in [0.25, 0.3) is 0 Å². The zero-order valence-corrected chi connectivity index (χ0v) is 11.6. The van der Waals surface area contributed by atoms with E-state index < -0.39 is 11.9 Å². The van der Waals surface area contributed by atoms with Gasteiger partial charge in [-0.3, -0.25) is 9.59 Å². The zero-order chi connectivity index (χ0) is 15.6. The number of hydrogen-bond donors (Lipinski definition) is 2. The van der Waals surface area contributed by atoms with Gasteiger partial charge in [-0.2, -0.15) is 0 Å². The van der Waals surface area contributed by atoms with Crippen LogP contribution in [-0.2, 0) is 0 Å². The van der Waals surface area contributed by atoms with Gasteiger partial charge in [-0.05, 0) is 31.2 Å². The summed E-state index contributed by atoms with van der Waals surface area (Å²) in [4.78, 5) is 39.0. The molecule has 6 heteroatoms. The monoisotopic (exact) mass is 286 g/mol. The van der Waals surface area contributed by atoms with Crippen LogP contribution in [0.1, 0.15) is 26.4 Å². The Morgan fingerprint density at radius 1 is 1.19 bits per heavy atom. The Labute approximate surface area is 120 Å². The lowest BCUT2D eigenvalue weighted by atomic mass is 10.1. The van der Waals surface area contributed by atoms with Crippen molar-refractivity contribution in [2.45, 2.75) is 6.92 Å². The van der Waals surface area contributed by atoms with Gasteiger partial charge in [0.25, 0.3) is 5.91 Å². The summed E-state index contributed by atoms with van der Waals surface area (Å²) in [6, 6.07) is 7.20. The third kappa shape index (κ3) is 3.00. The molecule has 1 aromatic heterocycles. The van der Waals surface area contributed by atoms with Crippen LogP contribution in [0.2, 0.25) is 0 Å². The van der Waals surface area contributed by atoms with Crippen molar-refractivity contribution in [2.75, 3.05) is 11.9 Å². The van der Waals surface area contributed by atoms with Crippen LogP contribution in [0.3, 0.4) is 0 Å². The minimum atomic E-state index is -1.04. The number of aromatic amines is 1. The summed E-state index contributed by atoms with van der Waals surface area (Å²) in [5, 5.41) is 8.84. The number of carbonyl (C=O) groups is 2. The van der Waals surface area contributed by atoms with E-state index in [4.69, 9.17) is 5.11 Å². The van der Waals surface area contributed by atoms with Gasteiger partial charge in [0.2, 0.25) is 0 Å². The van der Waals surface area contributed by atoms with Crippen molar-refractivity contribution >= 4 is 17.6 Å². The number of amides is 1. The summed E-state index contributed by atoms with van der Waals surface area (Å²) in [5.74, 6) is -1.50. The van der Waals surface area contributed by atoms with E-state index >= 15 is 0 Å². The summed E-state index contributed by atoms with van der Waals surface area (Å²) in [7, 11) is 1.53. The van der Waals surface area contributed by atoms with E-state index in [1.807, 2.05) is 0 Å². The van der Waals surface area contributed by atoms with E-state index in [2.05, 4.69) is 4.98 Å². The Hall–Kier alpha value is -2.89. The minimum absolute atomic E-state index is 0.0328. The molecule has 0 unspecified atom stereocenters. The molecule has 0 aliphatic carbocycles. The molecule has 0 bridgehead atoms. The van der Waals surface area contributed by atoms with Gasteiger partial charge in [-0.25, -0.2) is 4.79 Å². The second kappa shape index (κ2) is 5.62. The number of aromatic carboxylic acids is 1. The van der Waals surface area contributed by atoms with Crippen molar-refractivity contribution in [1.82, 2.24) is 4.98 Å².